The van der Waals surface area contributed by atoms with Crippen LogP contribution < -0.4 is 17.0 Å². The number of halogens is 2. The van der Waals surface area contributed by atoms with Crippen LogP contribution in [0.15, 0.2) is 23.3 Å². The molecule has 1 saturated heterocycles. The van der Waals surface area contributed by atoms with E-state index in [-0.39, 0.29) is 104 Å². The van der Waals surface area contributed by atoms with Gasteiger partial charge < -0.3 is 59.3 Å². The molecule has 21 fully saturated rings. The molecule has 24 heteroatoms. The summed E-state index contributed by atoms with van der Waals surface area (Å²) in [6, 6.07) is 0. The molecule has 20 aliphatic carbocycles. The second-order valence-electron chi connectivity index (χ2n) is 50.5. The minimum atomic E-state index is -0.377. The number of allylic oxidation sites excluding steroid dienone is 4. The van der Waals surface area contributed by atoms with E-state index in [0.717, 1.165) is 287 Å². The van der Waals surface area contributed by atoms with Crippen LogP contribution in [0.4, 0.5) is 0 Å². The minimum Gasteiger partial charge on any atom is -1.00 e. The van der Waals surface area contributed by atoms with Crippen molar-refractivity contribution in [3.8, 4) is 0 Å². The maximum Gasteiger partial charge on any atom is 2.00 e. The van der Waals surface area contributed by atoms with Crippen LogP contribution in [0.2, 0.25) is 0 Å². The third-order valence-corrected chi connectivity index (χ3v) is 46.3. The van der Waals surface area contributed by atoms with Gasteiger partial charge in [0, 0.05) is 46.4 Å². The molecule has 0 aromatic heterocycles. The van der Waals surface area contributed by atoms with Gasteiger partial charge in [-0.15, -0.1) is 8.58 Å². The second-order valence-corrected chi connectivity index (χ2v) is 54.4. The Morgan fingerprint density at radius 2 is 0.770 bits per heavy atom. The molecule has 0 spiro atoms. The number of ketones is 3. The van der Waals surface area contributed by atoms with Gasteiger partial charge in [-0.05, 0) is 572 Å². The SMILES string of the molecule is C.C.C.C1CCOC1.C=S.CC=C1CC[C@H]2[C@@H]3CC[C@H]4CC(=O)CC[C@@H]4[C@H]3CC[C@]12C.CC=C1CC[C@H]2[C@@H]3CC[C@H]4C[C@@](O)(CC)CC[C@@H]4[C@H]3CC[C@]12C.CC[C@@]1(O)CC[C@H]2[C@@H](CC[C@@H]3[C@@H]2CC[C@]2(C)C(C(C)O)CC[C@@H]32)C1.CC[C@@]1(O)CC[C@H]2[C@@H](CC[C@@H]3[C@@H]2CC[C@]2(C)[C@@H](C(=O)CBr)CC[C@@H]32)C1.CC[C@@]1(O)CC[C@H]2[C@@H](CC[C@@H]3[C@@H]2CC[C@]2(C)[C@@H](C(C)=O)CC[C@@H]32)C1.CO.CP=S.CPC.P=S.[2H]CC.[2H]P=S.[B]P=S.[Br-].[CH2-]C.[Mg+2]. The Balaban J connectivity index is 0.000000590. The number of hydrogen-bond acceptors (Lipinski definition) is 15. The van der Waals surface area contributed by atoms with Crippen molar-refractivity contribution in [2.45, 2.75) is 489 Å². The zero-order chi connectivity index (χ0) is 108. The van der Waals surface area contributed by atoms with E-state index in [9.17, 15) is 39.9 Å². The quantitative estimate of drug-likeness (QED) is 0.0337. The monoisotopic (exact) mass is 2380 g/mol. The second kappa shape index (κ2) is 69.1. The smallest absolute Gasteiger partial charge is 1.00 e. The van der Waals surface area contributed by atoms with Gasteiger partial charge >= 0.3 is 23.1 Å². The van der Waals surface area contributed by atoms with Crippen LogP contribution in [0.5, 0.6) is 0 Å². The molecule has 6 N–H and O–H groups in total. The van der Waals surface area contributed by atoms with Gasteiger partial charge in [-0.1, -0.05) is 204 Å². The van der Waals surface area contributed by atoms with Crippen LogP contribution in [0, 0.1) is 200 Å². The van der Waals surface area contributed by atoms with Crippen molar-refractivity contribution in [3.05, 3.63) is 30.2 Å². The van der Waals surface area contributed by atoms with E-state index in [1.54, 1.807) is 25.0 Å². The molecule has 0 aromatic carbocycles. The predicted molar refractivity (Wildman–Crippen MR) is 664 cm³/mol. The maximum atomic E-state index is 12.5. The number of ether oxygens (including phenoxy) is 1. The number of alkyl halides is 1. The summed E-state index contributed by atoms with van der Waals surface area (Å²) in [5.74, 6) is 27.2. The average Bonchev–Trinajstić information content (AvgIpc) is 1.55. The molecule has 20 saturated carbocycles. The van der Waals surface area contributed by atoms with Gasteiger partial charge in [0.1, 0.15) is 18.6 Å². The van der Waals surface area contributed by atoms with Gasteiger partial charge in [0.15, 0.2) is 7.57 Å². The fourth-order valence-corrected chi connectivity index (χ4v) is 39.5. The van der Waals surface area contributed by atoms with Crippen molar-refractivity contribution >= 4 is 168 Å². The molecule has 0 bridgehead atoms. The van der Waals surface area contributed by atoms with Crippen LogP contribution in [0.3, 0.4) is 0 Å². The Morgan fingerprint density at radius 1 is 0.500 bits per heavy atom. The predicted octanol–water partition coefficient (Wildman–Crippen LogP) is 31.0. The fourth-order valence-electron chi connectivity index (χ4n) is 39.1. The van der Waals surface area contributed by atoms with E-state index < -0.39 is 0 Å². The van der Waals surface area contributed by atoms with Gasteiger partial charge in [0.05, 0.1) is 33.8 Å². The van der Waals surface area contributed by atoms with Gasteiger partial charge in [0.25, 0.3) is 0 Å². The van der Waals surface area contributed by atoms with E-state index in [2.05, 4.69) is 205 Å². The largest absolute Gasteiger partial charge is 2.00 e. The molecular formula is C124H224BBr2MgO10P5S5. The molecule has 38 atom stereocenters. The number of carbonyl (C=O) groups is 3. The first-order valence-electron chi connectivity index (χ1n) is 59.6. The first-order chi connectivity index (χ1) is 69.4. The zero-order valence-corrected chi connectivity index (χ0v) is 108. The van der Waals surface area contributed by atoms with Gasteiger partial charge in [-0.2, -0.15) is 6.92 Å². The van der Waals surface area contributed by atoms with Gasteiger partial charge in [-0.3, -0.25) is 14.4 Å². The Bertz CT molecular complexity index is 3950. The molecule has 854 valence electrons. The summed E-state index contributed by atoms with van der Waals surface area (Å²) in [5.41, 5.74) is 4.08. The van der Waals surface area contributed by atoms with Crippen LogP contribution in [-0.2, 0) is 66.3 Å². The van der Waals surface area contributed by atoms with Crippen LogP contribution in [0.1, 0.15) is 462 Å². The van der Waals surface area contributed by atoms with Crippen LogP contribution in [0.25, 0.3) is 0 Å². The van der Waals surface area contributed by atoms with Gasteiger partial charge in [-0.25, -0.2) is 0 Å². The molecular weight excluding hydrogens is 2160 g/mol. The minimum absolute atomic E-state index is 0. The summed E-state index contributed by atoms with van der Waals surface area (Å²) in [4.78, 5) is 36.4. The van der Waals surface area contributed by atoms with Crippen molar-refractivity contribution < 1.29 is 68.1 Å². The molecule has 1 heterocycles. The summed E-state index contributed by atoms with van der Waals surface area (Å²) in [6.45, 7) is 45.0. The van der Waals surface area contributed by atoms with Crippen molar-refractivity contribution in [1.29, 1.82) is 1.28 Å². The molecule has 21 aliphatic rings. The molecule has 148 heavy (non-hydrogen) atoms. The van der Waals surface area contributed by atoms with E-state index in [1.165, 1.54) is 225 Å². The Morgan fingerprint density at radius 3 is 1.06 bits per heavy atom. The zero-order valence-electron chi connectivity index (χ0n) is 96.9. The first kappa shape index (κ1) is 143. The Labute approximate surface area is 986 Å². The Kier molecular flexibility index (Phi) is 66.7. The van der Waals surface area contributed by atoms with E-state index in [0.29, 0.717) is 76.2 Å². The van der Waals surface area contributed by atoms with Crippen LogP contribution in [-0.4, -0.2) is 160 Å². The topological polar surface area (TPSA) is 182 Å². The number of aliphatic hydroxyl groups excluding tert-OH is 2. The van der Waals surface area contributed by atoms with Crippen molar-refractivity contribution in [3.63, 3.8) is 0 Å². The maximum absolute atomic E-state index is 12.5. The number of rotatable bonds is 8. The summed E-state index contributed by atoms with van der Waals surface area (Å²) >= 11 is 23.7. The van der Waals surface area contributed by atoms with E-state index >= 15 is 0 Å². The van der Waals surface area contributed by atoms with Gasteiger partial charge in [0.2, 0.25) is 0 Å². The number of fused-ring (bicyclic) bond motifs is 25. The molecule has 2 unspecified atom stereocenters. The summed E-state index contributed by atoms with van der Waals surface area (Å²) in [5, 5.41) is 60.9. The van der Waals surface area contributed by atoms with Crippen molar-refractivity contribution in [2.24, 2.45) is 193 Å². The molecule has 2 radical (unpaired) electrons. The third kappa shape index (κ3) is 33.6. The molecule has 10 nitrogen and oxygen atoms in total. The third-order valence-electron chi connectivity index (χ3n) is 45.7. The number of carbonyl (C=O) groups excluding carboxylic acids is 3. The summed E-state index contributed by atoms with van der Waals surface area (Å²) in [7, 11) is 11.0. The molecule has 0 aromatic rings. The van der Waals surface area contributed by atoms with Crippen molar-refractivity contribution in [2.75, 3.05) is 45.6 Å². The standard InChI is InChI=1S/C22H35BrO2.C22H38O2.C22H36O2.C22H36O.C20H30O.C4H8O.C2H7P.C2H6.C2H5.CH4O.CH3PS.CH2S.3CH4.BPS.BrH.Mg.2HPS/c1-3-22(25)11-9-15-14(12-22)4-5-17-16(15)8-10-21(2)18(17)6-7-19(21)20(24)13-23;2*1-4-22(24)12-10-16-15(13-22)5-6-18-17(16)9-11-21(3)19(14(2)23)7-8-20(18)21;1-4-16-7-9-20-19-8-6-15-14-22(23,5-2)13-11-17(15)18(19)10-12-21(16,20)3;1-3-14-5-9-19-18-7-4-13-12-15(21)6-8-16(13)17(18)10-11-20(14,19)2;1-2-4-5-3-1;1-3-2;3*1-2;1-2-3;1-2;;;;1-2-3;;;2*1-2/h14-19,25H,3-13H2,1-2H3;14-20,23-24H,4-13H2,1-3H3;15-20,24H,4-13H2,1-3H3;4,15,17-20,23H,5-14H2,1-3H3;3,13,16-19H,4-12H2,1-2H3;1-4H2;3H,1-2H3;1-2H3;1H2,2H3;2H,1H3;1H3;1H2;3*1H4;;1H;;2*1H/q;;;;;;;;-1;;;;;;;;;+2;;/p-1/t14-,15-,16+,17+,18-,19+,21-,22+;14?,15-,16-,17+,18+,19?,20-,21+,22+;15-,16-,17+,18+,19+,20-,21+,22+;15-,17-,18+,19+,20-,21+,22+;13-,16-,17+,18+,19-,20+;;;;;;;;;;;;;;;/m00000.............../s1/i;;;;;;;1D;;;;;;;;;;;1D;. The molecule has 1 aliphatic heterocycles. The van der Waals surface area contributed by atoms with E-state index in [4.69, 9.17) is 12.5 Å². The molecule has 21 rings (SSSR count). The molecule has 0 amide bonds. The number of thiocarbonyl (C=S) groups is 1. The first-order valence-corrected chi connectivity index (χ1v) is 69.6. The van der Waals surface area contributed by atoms with Crippen molar-refractivity contribution in [1.82, 2.24) is 0 Å². The number of Topliss-reactive ketones (excluding diaryl/α,β-unsaturated/α-hetero) is 3. The average molecular weight is 2390 g/mol. The number of aliphatic hydroxyl groups is 6. The summed E-state index contributed by atoms with van der Waals surface area (Å²) in [6.07, 6.45) is 67.8. The normalized spacial score (nSPS) is 43.9. The fraction of sp³-hybridized carbons (Fsp3) is 0.927. The van der Waals surface area contributed by atoms with E-state index in [1.807, 2.05) is 20.5 Å². The Hall–Kier alpha value is 2.60. The summed E-state index contributed by atoms with van der Waals surface area (Å²) < 4.78 is 17.1. The van der Waals surface area contributed by atoms with Crippen LogP contribution >= 0.6 is 67.3 Å². The number of hydrogen-bond donors (Lipinski definition) is 6.